The van der Waals surface area contributed by atoms with E-state index >= 15 is 0 Å². The summed E-state index contributed by atoms with van der Waals surface area (Å²) < 4.78 is 1.80. The molecule has 0 aliphatic heterocycles. The minimum absolute atomic E-state index is 0.0837. The fourth-order valence-electron chi connectivity index (χ4n) is 1.93. The number of nitrogens with two attached hydrogens (primary N) is 1. The molecule has 3 heterocycles. The van der Waals surface area contributed by atoms with Crippen molar-refractivity contribution in [2.45, 2.75) is 0 Å². The second-order valence-electron chi connectivity index (χ2n) is 3.96. The van der Waals surface area contributed by atoms with Crippen molar-refractivity contribution in [3.8, 4) is 11.4 Å². The third-order valence-corrected chi connectivity index (χ3v) is 2.73. The van der Waals surface area contributed by atoms with Crippen molar-refractivity contribution in [3.05, 3.63) is 52.8 Å². The molecule has 19 heavy (non-hydrogen) atoms. The summed E-state index contributed by atoms with van der Waals surface area (Å²) in [6.45, 7) is 0. The molecule has 3 aromatic heterocycles. The first-order chi connectivity index (χ1) is 9.15. The van der Waals surface area contributed by atoms with Gasteiger partial charge in [0.15, 0.2) is 0 Å². The van der Waals surface area contributed by atoms with Crippen molar-refractivity contribution in [1.82, 2.24) is 14.4 Å². The molecule has 0 spiro atoms. The molecule has 0 atom stereocenters. The molecule has 0 unspecified atom stereocenters. The van der Waals surface area contributed by atoms with Gasteiger partial charge in [0.25, 0.3) is 5.69 Å². The lowest BCUT2D eigenvalue weighted by Gasteiger charge is -2.05. The van der Waals surface area contributed by atoms with Crippen LogP contribution in [-0.2, 0) is 0 Å². The summed E-state index contributed by atoms with van der Waals surface area (Å²) in [5.41, 5.74) is 7.41. The Bertz CT molecular complexity index is 781. The number of imidazole rings is 1. The number of nitrogen functional groups attached to an aromatic ring is 1. The molecule has 0 amide bonds. The van der Waals surface area contributed by atoms with Crippen LogP contribution in [0.2, 0.25) is 0 Å². The summed E-state index contributed by atoms with van der Waals surface area (Å²) in [6.07, 6.45) is 3.42. The Hall–Kier alpha value is -2.96. The molecule has 0 fully saturated rings. The van der Waals surface area contributed by atoms with Gasteiger partial charge in [0.05, 0.1) is 22.4 Å². The molecule has 3 aromatic rings. The lowest BCUT2D eigenvalue weighted by Crippen LogP contribution is -1.99. The normalized spacial score (nSPS) is 10.7. The van der Waals surface area contributed by atoms with Gasteiger partial charge in [-0.05, 0) is 12.1 Å². The zero-order valence-electron chi connectivity index (χ0n) is 9.72. The van der Waals surface area contributed by atoms with E-state index in [0.29, 0.717) is 11.4 Å². The van der Waals surface area contributed by atoms with Crippen LogP contribution in [0.5, 0.6) is 0 Å². The SMILES string of the molecule is Nc1cc([N+](=O)[O-])cc(-c2cccc3nccn23)n1. The van der Waals surface area contributed by atoms with Crippen LogP contribution in [0.15, 0.2) is 42.7 Å². The number of aromatic nitrogens is 3. The topological polar surface area (TPSA) is 99.3 Å². The molecular formula is C12H9N5O2. The van der Waals surface area contributed by atoms with E-state index < -0.39 is 4.92 Å². The zero-order valence-corrected chi connectivity index (χ0v) is 9.72. The highest BCUT2D eigenvalue weighted by Gasteiger charge is 2.13. The minimum Gasteiger partial charge on any atom is -0.383 e. The number of anilines is 1. The Kier molecular flexibility index (Phi) is 2.38. The number of pyridine rings is 2. The third-order valence-electron chi connectivity index (χ3n) is 2.73. The largest absolute Gasteiger partial charge is 0.383 e. The maximum atomic E-state index is 10.9. The van der Waals surface area contributed by atoms with Crippen molar-refractivity contribution in [2.24, 2.45) is 0 Å². The molecule has 0 aromatic carbocycles. The van der Waals surface area contributed by atoms with Crippen LogP contribution in [0.1, 0.15) is 0 Å². The fraction of sp³-hybridized carbons (Fsp3) is 0. The second-order valence-corrected chi connectivity index (χ2v) is 3.96. The van der Waals surface area contributed by atoms with Crippen molar-refractivity contribution in [1.29, 1.82) is 0 Å². The number of nitro groups is 1. The van der Waals surface area contributed by atoms with Gasteiger partial charge in [0, 0.05) is 18.5 Å². The number of nitrogens with zero attached hydrogens (tertiary/aromatic N) is 4. The quantitative estimate of drug-likeness (QED) is 0.556. The number of fused-ring (bicyclic) bond motifs is 1. The van der Waals surface area contributed by atoms with Gasteiger partial charge < -0.3 is 5.73 Å². The van der Waals surface area contributed by atoms with Gasteiger partial charge in [0.2, 0.25) is 0 Å². The molecule has 2 N–H and O–H groups in total. The molecule has 0 radical (unpaired) electrons. The van der Waals surface area contributed by atoms with Crippen LogP contribution in [0, 0.1) is 10.1 Å². The van der Waals surface area contributed by atoms with Crippen molar-refractivity contribution in [2.75, 3.05) is 5.73 Å². The molecule has 7 heteroatoms. The second kappa shape index (κ2) is 4.05. The summed E-state index contributed by atoms with van der Waals surface area (Å²) >= 11 is 0. The van der Waals surface area contributed by atoms with Gasteiger partial charge in [-0.25, -0.2) is 9.97 Å². The standard InChI is InChI=1S/C12H9N5O2/c13-11-7-8(17(18)19)6-9(15-11)10-2-1-3-12-14-4-5-16(10)12/h1-7H,(H2,13,15). The van der Waals surface area contributed by atoms with Crippen molar-refractivity contribution >= 4 is 17.2 Å². The van der Waals surface area contributed by atoms with Gasteiger partial charge in [-0.1, -0.05) is 6.07 Å². The molecule has 0 aliphatic rings. The molecule has 7 nitrogen and oxygen atoms in total. The smallest absolute Gasteiger partial charge is 0.275 e. The molecule has 0 saturated heterocycles. The van der Waals surface area contributed by atoms with Crippen LogP contribution < -0.4 is 5.73 Å². The monoisotopic (exact) mass is 255 g/mol. The van der Waals surface area contributed by atoms with Crippen LogP contribution in [0.3, 0.4) is 0 Å². The summed E-state index contributed by atoms with van der Waals surface area (Å²) in [5, 5.41) is 10.9. The number of hydrogen-bond donors (Lipinski definition) is 1. The number of rotatable bonds is 2. The third kappa shape index (κ3) is 1.86. The van der Waals surface area contributed by atoms with Gasteiger partial charge in [-0.15, -0.1) is 0 Å². The molecule has 3 rings (SSSR count). The van der Waals surface area contributed by atoms with E-state index in [4.69, 9.17) is 5.73 Å². The Labute approximate surface area is 107 Å². The van der Waals surface area contributed by atoms with Gasteiger partial charge in [-0.2, -0.15) is 0 Å². The van der Waals surface area contributed by atoms with Gasteiger partial charge >= 0.3 is 0 Å². The van der Waals surface area contributed by atoms with Crippen LogP contribution in [-0.4, -0.2) is 19.3 Å². The van der Waals surface area contributed by atoms with E-state index in [2.05, 4.69) is 9.97 Å². The Morgan fingerprint density at radius 2 is 2.16 bits per heavy atom. The summed E-state index contributed by atoms with van der Waals surface area (Å²) in [7, 11) is 0. The molecule has 0 saturated carbocycles. The molecule has 94 valence electrons. The summed E-state index contributed by atoms with van der Waals surface area (Å²) in [5.74, 6) is 0.112. The van der Waals surface area contributed by atoms with Crippen molar-refractivity contribution in [3.63, 3.8) is 0 Å². The summed E-state index contributed by atoms with van der Waals surface area (Å²) in [4.78, 5) is 18.7. The van der Waals surface area contributed by atoms with E-state index in [1.54, 1.807) is 22.9 Å². The zero-order chi connectivity index (χ0) is 13.4. The molecule has 0 aliphatic carbocycles. The Morgan fingerprint density at radius 3 is 2.95 bits per heavy atom. The Morgan fingerprint density at radius 1 is 1.32 bits per heavy atom. The van der Waals surface area contributed by atoms with Crippen LogP contribution in [0.4, 0.5) is 11.5 Å². The van der Waals surface area contributed by atoms with Crippen molar-refractivity contribution < 1.29 is 4.92 Å². The highest BCUT2D eigenvalue weighted by molar-refractivity contribution is 5.64. The van der Waals surface area contributed by atoms with Crippen LogP contribution >= 0.6 is 0 Å². The average Bonchev–Trinajstić information content (AvgIpc) is 2.85. The highest BCUT2D eigenvalue weighted by atomic mass is 16.6. The van der Waals surface area contributed by atoms with Gasteiger partial charge in [0.1, 0.15) is 11.5 Å². The Balaban J connectivity index is 2.26. The van der Waals surface area contributed by atoms with E-state index in [9.17, 15) is 10.1 Å². The maximum Gasteiger partial charge on any atom is 0.275 e. The summed E-state index contributed by atoms with van der Waals surface area (Å²) in [6, 6.07) is 8.08. The van der Waals surface area contributed by atoms with E-state index in [-0.39, 0.29) is 11.5 Å². The van der Waals surface area contributed by atoms with E-state index in [1.165, 1.54) is 12.1 Å². The van der Waals surface area contributed by atoms with E-state index in [0.717, 1.165) is 5.65 Å². The lowest BCUT2D eigenvalue weighted by molar-refractivity contribution is -0.384. The van der Waals surface area contributed by atoms with Crippen LogP contribution in [0.25, 0.3) is 17.0 Å². The van der Waals surface area contributed by atoms with E-state index in [1.807, 2.05) is 12.1 Å². The minimum atomic E-state index is -0.490. The predicted molar refractivity (Wildman–Crippen MR) is 69.5 cm³/mol. The first-order valence-corrected chi connectivity index (χ1v) is 5.49. The lowest BCUT2D eigenvalue weighted by atomic mass is 10.2. The highest BCUT2D eigenvalue weighted by Crippen LogP contribution is 2.24. The first-order valence-electron chi connectivity index (χ1n) is 5.49. The average molecular weight is 255 g/mol. The van der Waals surface area contributed by atoms with Gasteiger partial charge in [-0.3, -0.25) is 14.5 Å². The molecular weight excluding hydrogens is 246 g/mol. The predicted octanol–water partition coefficient (Wildman–Crippen LogP) is 1.89. The number of hydrogen-bond acceptors (Lipinski definition) is 5. The first kappa shape index (κ1) is 11.1. The maximum absolute atomic E-state index is 10.9. The fourth-order valence-corrected chi connectivity index (χ4v) is 1.93. The molecule has 0 bridgehead atoms.